The van der Waals surface area contributed by atoms with Crippen molar-refractivity contribution in [3.8, 4) is 0 Å². The second-order valence-electron chi connectivity index (χ2n) is 5.76. The standard InChI is InChI=1S/C17H19FN2O3S2/c1-2-13-7-12-24-16(13)17(21)19-8-10-20(11-9-19)25(22,23)15-6-4-3-5-14(15)18/h3-7,12H,2,8-11H2,1H3. The number of hydrogen-bond donors (Lipinski definition) is 0. The van der Waals surface area contributed by atoms with Gasteiger partial charge < -0.3 is 4.90 Å². The Hall–Kier alpha value is -1.77. The van der Waals surface area contributed by atoms with Crippen LogP contribution in [0, 0.1) is 5.82 Å². The van der Waals surface area contributed by atoms with Crippen LogP contribution < -0.4 is 0 Å². The molecular formula is C17H19FN2O3S2. The van der Waals surface area contributed by atoms with Crippen LogP contribution >= 0.6 is 11.3 Å². The molecule has 0 bridgehead atoms. The van der Waals surface area contributed by atoms with Gasteiger partial charge in [-0.15, -0.1) is 11.3 Å². The molecule has 1 aliphatic heterocycles. The van der Waals surface area contributed by atoms with E-state index in [1.54, 1.807) is 4.90 Å². The molecule has 0 unspecified atom stereocenters. The van der Waals surface area contributed by atoms with E-state index >= 15 is 0 Å². The molecule has 1 aromatic heterocycles. The van der Waals surface area contributed by atoms with Crippen LogP contribution in [0.3, 0.4) is 0 Å². The van der Waals surface area contributed by atoms with Crippen LogP contribution in [0.25, 0.3) is 0 Å². The van der Waals surface area contributed by atoms with Crippen LogP contribution in [-0.2, 0) is 16.4 Å². The number of carbonyl (C=O) groups excluding carboxylic acids is 1. The minimum atomic E-state index is -3.89. The summed E-state index contributed by atoms with van der Waals surface area (Å²) in [5.74, 6) is -0.818. The highest BCUT2D eigenvalue weighted by molar-refractivity contribution is 7.89. The first-order valence-electron chi connectivity index (χ1n) is 8.05. The summed E-state index contributed by atoms with van der Waals surface area (Å²) in [6.07, 6.45) is 0.784. The molecule has 2 heterocycles. The quantitative estimate of drug-likeness (QED) is 0.817. The molecule has 2 aromatic rings. The number of nitrogens with zero attached hydrogens (tertiary/aromatic N) is 2. The molecule has 0 radical (unpaired) electrons. The van der Waals surface area contributed by atoms with Crippen LogP contribution in [0.4, 0.5) is 4.39 Å². The molecule has 0 N–H and O–H groups in total. The molecule has 8 heteroatoms. The van der Waals surface area contributed by atoms with Gasteiger partial charge in [0.25, 0.3) is 5.91 Å². The van der Waals surface area contributed by atoms with Crippen molar-refractivity contribution < 1.29 is 17.6 Å². The van der Waals surface area contributed by atoms with Gasteiger partial charge in [0.1, 0.15) is 10.7 Å². The lowest BCUT2D eigenvalue weighted by Gasteiger charge is -2.34. The number of halogens is 1. The molecule has 3 rings (SSSR count). The third kappa shape index (κ3) is 3.47. The van der Waals surface area contributed by atoms with Crippen molar-refractivity contribution >= 4 is 27.3 Å². The lowest BCUT2D eigenvalue weighted by molar-refractivity contribution is 0.0701. The number of sulfonamides is 1. The molecule has 1 amide bonds. The SMILES string of the molecule is CCc1ccsc1C(=O)N1CCN(S(=O)(=O)c2ccccc2F)CC1. The minimum Gasteiger partial charge on any atom is -0.335 e. The summed E-state index contributed by atoms with van der Waals surface area (Å²) in [5, 5.41) is 1.89. The van der Waals surface area contributed by atoms with Crippen LogP contribution in [0.15, 0.2) is 40.6 Å². The Kier molecular flexibility index (Phi) is 5.21. The fraction of sp³-hybridized carbons (Fsp3) is 0.353. The number of benzene rings is 1. The van der Waals surface area contributed by atoms with Gasteiger partial charge in [-0.25, -0.2) is 12.8 Å². The molecule has 5 nitrogen and oxygen atoms in total. The van der Waals surface area contributed by atoms with Crippen LogP contribution in [0.1, 0.15) is 22.2 Å². The van der Waals surface area contributed by atoms with Gasteiger partial charge in [-0.05, 0) is 35.6 Å². The molecule has 1 aliphatic rings. The van der Waals surface area contributed by atoms with Crippen molar-refractivity contribution in [3.63, 3.8) is 0 Å². The number of carbonyl (C=O) groups is 1. The Morgan fingerprint density at radius 2 is 1.84 bits per heavy atom. The van der Waals surface area contributed by atoms with Crippen molar-refractivity contribution in [2.45, 2.75) is 18.2 Å². The zero-order chi connectivity index (χ0) is 18.0. The Morgan fingerprint density at radius 3 is 2.48 bits per heavy atom. The number of amides is 1. The molecule has 134 valence electrons. The Labute approximate surface area is 150 Å². The number of piperazine rings is 1. The predicted molar refractivity (Wildman–Crippen MR) is 94.8 cm³/mol. The van der Waals surface area contributed by atoms with Crippen LogP contribution in [-0.4, -0.2) is 49.7 Å². The highest BCUT2D eigenvalue weighted by Crippen LogP contribution is 2.23. The van der Waals surface area contributed by atoms with Gasteiger partial charge in [0.2, 0.25) is 10.0 Å². The molecule has 1 aromatic carbocycles. The molecule has 0 atom stereocenters. The number of thiophene rings is 1. The van der Waals surface area contributed by atoms with E-state index < -0.39 is 15.8 Å². The van der Waals surface area contributed by atoms with Gasteiger partial charge in [-0.1, -0.05) is 19.1 Å². The maximum atomic E-state index is 13.8. The van der Waals surface area contributed by atoms with Crippen molar-refractivity contribution in [1.29, 1.82) is 0 Å². The van der Waals surface area contributed by atoms with Crippen LogP contribution in [0.5, 0.6) is 0 Å². The highest BCUT2D eigenvalue weighted by Gasteiger charge is 2.32. The topological polar surface area (TPSA) is 57.7 Å². The first kappa shape index (κ1) is 18.0. The summed E-state index contributed by atoms with van der Waals surface area (Å²) in [6.45, 7) is 2.92. The summed E-state index contributed by atoms with van der Waals surface area (Å²) in [7, 11) is -3.89. The molecular weight excluding hydrogens is 363 g/mol. The Bertz CT molecular complexity index is 872. The van der Waals surface area contributed by atoms with Crippen molar-refractivity contribution in [2.75, 3.05) is 26.2 Å². The maximum absolute atomic E-state index is 13.8. The third-order valence-corrected chi connectivity index (χ3v) is 7.18. The zero-order valence-corrected chi connectivity index (χ0v) is 15.4. The predicted octanol–water partition coefficient (Wildman–Crippen LogP) is 2.60. The number of hydrogen-bond acceptors (Lipinski definition) is 4. The molecule has 0 spiro atoms. The van der Waals surface area contributed by atoms with Gasteiger partial charge in [-0.3, -0.25) is 4.79 Å². The van der Waals surface area contributed by atoms with Crippen molar-refractivity contribution in [2.24, 2.45) is 0 Å². The largest absolute Gasteiger partial charge is 0.335 e. The summed E-state index contributed by atoms with van der Waals surface area (Å²) in [5.41, 5.74) is 1.01. The maximum Gasteiger partial charge on any atom is 0.264 e. The van der Waals surface area contributed by atoms with E-state index in [0.717, 1.165) is 18.1 Å². The van der Waals surface area contributed by atoms with E-state index in [-0.39, 0.29) is 23.9 Å². The molecule has 0 saturated carbocycles. The van der Waals surface area contributed by atoms with E-state index in [4.69, 9.17) is 0 Å². The van der Waals surface area contributed by atoms with Gasteiger partial charge in [0.15, 0.2) is 0 Å². The molecule has 1 saturated heterocycles. The smallest absolute Gasteiger partial charge is 0.264 e. The lowest BCUT2D eigenvalue weighted by atomic mass is 10.2. The monoisotopic (exact) mass is 382 g/mol. The molecule has 0 aliphatic carbocycles. The summed E-state index contributed by atoms with van der Waals surface area (Å²) >= 11 is 1.41. The Balaban J connectivity index is 1.72. The fourth-order valence-electron chi connectivity index (χ4n) is 2.87. The van der Waals surface area contributed by atoms with E-state index in [9.17, 15) is 17.6 Å². The Morgan fingerprint density at radius 1 is 1.16 bits per heavy atom. The summed E-state index contributed by atoms with van der Waals surface area (Å²) in [4.78, 5) is 14.7. The van der Waals surface area contributed by atoms with Crippen molar-refractivity contribution in [1.82, 2.24) is 9.21 Å². The number of rotatable bonds is 4. The molecule has 25 heavy (non-hydrogen) atoms. The second kappa shape index (κ2) is 7.23. The highest BCUT2D eigenvalue weighted by atomic mass is 32.2. The van der Waals surface area contributed by atoms with E-state index in [2.05, 4.69) is 0 Å². The van der Waals surface area contributed by atoms with E-state index in [1.807, 2.05) is 18.4 Å². The average Bonchev–Trinajstić information content (AvgIpc) is 3.10. The number of aryl methyl sites for hydroxylation is 1. The van der Waals surface area contributed by atoms with Crippen LogP contribution in [0.2, 0.25) is 0 Å². The minimum absolute atomic E-state index is 0.0604. The normalized spacial score (nSPS) is 16.2. The first-order chi connectivity index (χ1) is 11.9. The molecule has 1 fully saturated rings. The average molecular weight is 382 g/mol. The third-order valence-electron chi connectivity index (χ3n) is 4.30. The van der Waals surface area contributed by atoms with Gasteiger partial charge in [-0.2, -0.15) is 4.31 Å². The zero-order valence-electron chi connectivity index (χ0n) is 13.8. The fourth-order valence-corrected chi connectivity index (χ4v) is 5.32. The first-order valence-corrected chi connectivity index (χ1v) is 10.4. The van der Waals surface area contributed by atoms with Gasteiger partial charge in [0.05, 0.1) is 4.88 Å². The van der Waals surface area contributed by atoms with E-state index in [1.165, 1.54) is 33.8 Å². The summed E-state index contributed by atoms with van der Waals surface area (Å²) in [6, 6.07) is 7.30. The van der Waals surface area contributed by atoms with E-state index in [0.29, 0.717) is 18.0 Å². The lowest BCUT2D eigenvalue weighted by Crippen LogP contribution is -2.50. The summed E-state index contributed by atoms with van der Waals surface area (Å²) < 4.78 is 40.3. The van der Waals surface area contributed by atoms with Crippen molar-refractivity contribution in [3.05, 3.63) is 52.0 Å². The van der Waals surface area contributed by atoms with Gasteiger partial charge in [0, 0.05) is 26.2 Å². The van der Waals surface area contributed by atoms with Gasteiger partial charge >= 0.3 is 0 Å². The second-order valence-corrected chi connectivity index (χ2v) is 8.58.